The van der Waals surface area contributed by atoms with E-state index < -0.39 is 0 Å². The van der Waals surface area contributed by atoms with E-state index in [0.717, 1.165) is 6.42 Å². The third-order valence-electron chi connectivity index (χ3n) is 3.59. The Labute approximate surface area is 169 Å². The third-order valence-corrected chi connectivity index (χ3v) is 3.92. The first-order chi connectivity index (χ1) is 11.9. The van der Waals surface area contributed by atoms with Crippen LogP contribution in [-0.2, 0) is 21.8 Å². The van der Waals surface area contributed by atoms with Crippen LogP contribution in [0.1, 0.15) is 32.1 Å². The Morgan fingerprint density at radius 3 is 2.16 bits per heavy atom. The van der Waals surface area contributed by atoms with Crippen molar-refractivity contribution in [3.05, 3.63) is 82.4 Å². The fraction of sp³-hybridized carbons (Fsp3) is 0.300. The van der Waals surface area contributed by atoms with Crippen molar-refractivity contribution in [3.8, 4) is 0 Å². The van der Waals surface area contributed by atoms with Crippen molar-refractivity contribution in [2.75, 3.05) is 6.61 Å². The van der Waals surface area contributed by atoms with Gasteiger partial charge in [0.05, 0.1) is 6.61 Å². The van der Waals surface area contributed by atoms with Crippen LogP contribution in [0.15, 0.2) is 18.7 Å². The Kier molecular flexibility index (Phi) is 13.4. The summed E-state index contributed by atoms with van der Waals surface area (Å²) in [7, 11) is 0. The topological polar surface area (TPSA) is 27.1 Å². The normalized spacial score (nSPS) is 16.8. The largest absolute Gasteiger partial charge is 2.00 e. The number of thiocarbonyl (C=S) groups is 1. The molecule has 132 valence electrons. The summed E-state index contributed by atoms with van der Waals surface area (Å²) >= 11 is 5.13. The van der Waals surface area contributed by atoms with Gasteiger partial charge in [0.1, 0.15) is 6.33 Å². The summed E-state index contributed by atoms with van der Waals surface area (Å²) in [6.45, 7) is 0.688. The van der Waals surface area contributed by atoms with Crippen molar-refractivity contribution >= 4 is 17.4 Å². The molecule has 2 fully saturated rings. The zero-order valence-corrected chi connectivity index (χ0v) is 16.2. The number of imidazole rings is 1. The summed E-state index contributed by atoms with van der Waals surface area (Å²) < 4.78 is 7.21. The molecule has 1 aromatic rings. The molecule has 0 spiro atoms. The average Bonchev–Trinajstić information content (AvgIpc) is 3.39. The van der Waals surface area contributed by atoms with Gasteiger partial charge in [-0.05, 0) is 88.8 Å². The van der Waals surface area contributed by atoms with Crippen LogP contribution in [-0.4, -0.2) is 21.3 Å². The number of hydrogen-bond donors (Lipinski definition) is 0. The molecule has 1 aromatic heterocycles. The van der Waals surface area contributed by atoms with Gasteiger partial charge in [0.25, 0.3) is 5.17 Å². The summed E-state index contributed by atoms with van der Waals surface area (Å²) in [6.07, 6.45) is 29.6. The minimum absolute atomic E-state index is 0. The molecular weight excluding hydrogens is 372 g/mol. The average molecular weight is 396 g/mol. The van der Waals surface area contributed by atoms with Gasteiger partial charge in [-0.25, -0.2) is 4.98 Å². The van der Waals surface area contributed by atoms with Crippen LogP contribution in [0.25, 0.3) is 0 Å². The zero-order chi connectivity index (χ0) is 16.9. The monoisotopic (exact) mass is 396 g/mol. The molecule has 1 heterocycles. The molecule has 0 aromatic carbocycles. The Bertz CT molecular complexity index is 421. The number of hydrogen-bond acceptors (Lipinski definition) is 3. The summed E-state index contributed by atoms with van der Waals surface area (Å²) in [6, 6.07) is 0. The van der Waals surface area contributed by atoms with E-state index in [1.807, 2.05) is 32.1 Å². The van der Waals surface area contributed by atoms with E-state index in [4.69, 9.17) is 17.0 Å². The van der Waals surface area contributed by atoms with Crippen molar-refractivity contribution in [1.29, 1.82) is 0 Å². The van der Waals surface area contributed by atoms with E-state index in [1.165, 1.54) is 31.6 Å². The summed E-state index contributed by atoms with van der Waals surface area (Å²) in [5, 5.41) is 0.481. The predicted molar refractivity (Wildman–Crippen MR) is 101 cm³/mol. The Hall–Kier alpha value is -0.381. The second kappa shape index (κ2) is 14.8. The number of rotatable bonds is 7. The third kappa shape index (κ3) is 10.4. The van der Waals surface area contributed by atoms with Gasteiger partial charge < -0.3 is 4.74 Å². The Balaban J connectivity index is 0.000000448. The van der Waals surface area contributed by atoms with E-state index in [0.29, 0.717) is 11.8 Å². The molecule has 10 radical (unpaired) electrons. The van der Waals surface area contributed by atoms with Crippen LogP contribution >= 0.6 is 12.2 Å². The molecule has 2 aliphatic rings. The molecule has 0 unspecified atom stereocenters. The van der Waals surface area contributed by atoms with Gasteiger partial charge in [-0.2, -0.15) is 0 Å². The SMILES string of the molecule is S=C(OCCCCCC[C]1[CH][CH][CH][CH]1)n1ccnc1.[CH]1[CH][CH][CH][CH]1.[Fe+2]. The molecule has 25 heavy (non-hydrogen) atoms. The van der Waals surface area contributed by atoms with E-state index in [9.17, 15) is 0 Å². The van der Waals surface area contributed by atoms with Crippen LogP contribution in [0.3, 0.4) is 0 Å². The fourth-order valence-corrected chi connectivity index (χ4v) is 2.48. The first-order valence-electron chi connectivity index (χ1n) is 8.38. The molecule has 2 aliphatic carbocycles. The van der Waals surface area contributed by atoms with Gasteiger partial charge in [-0.15, -0.1) is 0 Å². The minimum atomic E-state index is 0. The van der Waals surface area contributed by atoms with Crippen molar-refractivity contribution in [3.63, 3.8) is 0 Å². The standard InChI is InChI=1S/C15H19N2OS.C5H5.Fe/c19-15(17-11-10-16-13-17)18-12-6-2-1-3-7-14-8-4-5-9-14;1-2-4-5-3-1;/h4-5,8-11,13H,1-3,6-7,12H2;1-5H;/q;;+2. The molecule has 3 rings (SSSR count). The van der Waals surface area contributed by atoms with Crippen LogP contribution in [0.5, 0.6) is 0 Å². The molecule has 3 nitrogen and oxygen atoms in total. The predicted octanol–water partition coefficient (Wildman–Crippen LogP) is 4.41. The van der Waals surface area contributed by atoms with Crippen molar-refractivity contribution < 1.29 is 21.8 Å². The maximum atomic E-state index is 5.49. The molecular formula is C20H24FeN2OS+2. The molecule has 0 aliphatic heterocycles. The Morgan fingerprint density at radius 2 is 1.56 bits per heavy atom. The molecule has 0 N–H and O–H groups in total. The van der Waals surface area contributed by atoms with Crippen molar-refractivity contribution in [2.45, 2.75) is 32.1 Å². The molecule has 0 amide bonds. The second-order valence-electron chi connectivity index (χ2n) is 5.50. The van der Waals surface area contributed by atoms with E-state index >= 15 is 0 Å². The summed E-state index contributed by atoms with van der Waals surface area (Å²) in [4.78, 5) is 3.93. The molecule has 2 saturated carbocycles. The van der Waals surface area contributed by atoms with Gasteiger partial charge in [0.15, 0.2) is 0 Å². The number of ether oxygens (including phenoxy) is 1. The first kappa shape index (κ1) is 22.7. The Morgan fingerprint density at radius 1 is 0.920 bits per heavy atom. The van der Waals surface area contributed by atoms with E-state index in [2.05, 4.69) is 30.7 Å². The molecule has 5 heteroatoms. The second-order valence-corrected chi connectivity index (χ2v) is 5.85. The van der Waals surface area contributed by atoms with Gasteiger partial charge >= 0.3 is 17.1 Å². The molecule has 0 atom stereocenters. The fourth-order valence-electron chi connectivity index (χ4n) is 2.29. The van der Waals surface area contributed by atoms with Gasteiger partial charge in [0.2, 0.25) is 0 Å². The quantitative estimate of drug-likeness (QED) is 0.388. The van der Waals surface area contributed by atoms with Crippen LogP contribution in [0, 0.1) is 63.7 Å². The molecule has 0 bridgehead atoms. The maximum absolute atomic E-state index is 5.49. The van der Waals surface area contributed by atoms with Gasteiger partial charge in [-0.3, -0.25) is 4.57 Å². The van der Waals surface area contributed by atoms with Crippen LogP contribution < -0.4 is 0 Å². The minimum Gasteiger partial charge on any atom is -0.470 e. The van der Waals surface area contributed by atoms with Gasteiger partial charge in [-0.1, -0.05) is 19.3 Å². The maximum Gasteiger partial charge on any atom is 2.00 e. The van der Waals surface area contributed by atoms with E-state index in [-0.39, 0.29) is 17.1 Å². The van der Waals surface area contributed by atoms with Gasteiger partial charge in [0, 0.05) is 12.4 Å². The zero-order valence-electron chi connectivity index (χ0n) is 14.2. The number of aromatic nitrogens is 2. The van der Waals surface area contributed by atoms with Crippen LogP contribution in [0.2, 0.25) is 0 Å². The smallest absolute Gasteiger partial charge is 0.470 e. The van der Waals surface area contributed by atoms with Crippen molar-refractivity contribution in [1.82, 2.24) is 9.55 Å². The summed E-state index contributed by atoms with van der Waals surface area (Å²) in [5.74, 6) is 1.44. The van der Waals surface area contributed by atoms with Crippen LogP contribution in [0.4, 0.5) is 0 Å². The van der Waals surface area contributed by atoms with Crippen molar-refractivity contribution in [2.24, 2.45) is 0 Å². The first-order valence-corrected chi connectivity index (χ1v) is 8.79. The summed E-state index contributed by atoms with van der Waals surface area (Å²) in [5.41, 5.74) is 0. The van der Waals surface area contributed by atoms with E-state index in [1.54, 1.807) is 23.3 Å². The molecule has 0 saturated heterocycles. The number of unbranched alkanes of at least 4 members (excludes halogenated alkanes) is 3. The number of nitrogens with zero attached hydrogens (tertiary/aromatic N) is 2.